The number of nitrogens with one attached hydrogen (secondary N) is 1. The molecule has 0 spiro atoms. The second-order valence-corrected chi connectivity index (χ2v) is 5.13. The molecule has 98 valence electrons. The van der Waals surface area contributed by atoms with E-state index in [1.165, 1.54) is 0 Å². The summed E-state index contributed by atoms with van der Waals surface area (Å²) in [5, 5.41) is 8.49. The molecule has 1 N–H and O–H groups in total. The lowest BCUT2D eigenvalue weighted by atomic mass is 10.1. The lowest BCUT2D eigenvalue weighted by Gasteiger charge is -2.23. The van der Waals surface area contributed by atoms with Crippen LogP contribution in [0.1, 0.15) is 32.2 Å². The maximum Gasteiger partial charge on any atom is 0.0863 e. The van der Waals surface area contributed by atoms with Crippen LogP contribution in [0.5, 0.6) is 0 Å². The summed E-state index contributed by atoms with van der Waals surface area (Å²) in [6.45, 7) is 7.62. The van der Waals surface area contributed by atoms with E-state index in [4.69, 9.17) is 16.3 Å². The van der Waals surface area contributed by atoms with Crippen molar-refractivity contribution in [1.29, 1.82) is 0 Å². The van der Waals surface area contributed by atoms with Gasteiger partial charge < -0.3 is 10.1 Å². The number of methoxy groups -OCH3 is 1. The number of ether oxygens (including phenoxy) is 1. The van der Waals surface area contributed by atoms with Gasteiger partial charge in [0.15, 0.2) is 0 Å². The Bertz CT molecular complexity index is 374. The molecule has 5 heteroatoms. The van der Waals surface area contributed by atoms with Crippen molar-refractivity contribution in [2.75, 3.05) is 13.7 Å². The van der Waals surface area contributed by atoms with E-state index >= 15 is 0 Å². The molecule has 0 atom stereocenters. The molecule has 0 aliphatic carbocycles. The van der Waals surface area contributed by atoms with Gasteiger partial charge in [0.1, 0.15) is 0 Å². The normalized spacial score (nSPS) is 12.1. The molecule has 0 bridgehead atoms. The lowest BCUT2D eigenvalue weighted by molar-refractivity contribution is 0.0229. The third-order valence-electron chi connectivity index (χ3n) is 2.90. The number of halogens is 1. The van der Waals surface area contributed by atoms with Gasteiger partial charge in [0.05, 0.1) is 22.0 Å². The minimum absolute atomic E-state index is 0.168. The highest BCUT2D eigenvalue weighted by Crippen LogP contribution is 2.20. The fraction of sp³-hybridized carbons (Fsp3) is 0.750. The Kier molecular flexibility index (Phi) is 4.98. The molecule has 0 aromatic carbocycles. The number of hydrogen-bond acceptors (Lipinski definition) is 3. The summed E-state index contributed by atoms with van der Waals surface area (Å²) in [4.78, 5) is 0. The molecule has 1 aromatic rings. The lowest BCUT2D eigenvalue weighted by Crippen LogP contribution is -2.36. The zero-order valence-corrected chi connectivity index (χ0v) is 12.1. The summed E-state index contributed by atoms with van der Waals surface area (Å²) in [6, 6.07) is 0. The number of hydrogen-bond donors (Lipinski definition) is 1. The maximum absolute atomic E-state index is 6.26. The quantitative estimate of drug-likeness (QED) is 0.851. The fourth-order valence-electron chi connectivity index (χ4n) is 1.57. The summed E-state index contributed by atoms with van der Waals surface area (Å²) in [6.07, 6.45) is 0.857. The van der Waals surface area contributed by atoms with E-state index in [0.717, 1.165) is 29.4 Å². The van der Waals surface area contributed by atoms with Crippen LogP contribution in [0.4, 0.5) is 0 Å². The van der Waals surface area contributed by atoms with Gasteiger partial charge in [-0.1, -0.05) is 18.5 Å². The first-order chi connectivity index (χ1) is 7.91. The third-order valence-corrected chi connectivity index (χ3v) is 3.34. The van der Waals surface area contributed by atoms with Crippen LogP contribution < -0.4 is 5.32 Å². The Balaban J connectivity index is 2.61. The predicted octanol–water partition coefficient (Wildman–Crippen LogP) is 2.15. The average Bonchev–Trinajstić information content (AvgIpc) is 2.56. The van der Waals surface area contributed by atoms with Crippen LogP contribution in [0.3, 0.4) is 0 Å². The molecule has 1 rings (SSSR count). The van der Waals surface area contributed by atoms with E-state index in [1.54, 1.807) is 7.11 Å². The highest BCUT2D eigenvalue weighted by molar-refractivity contribution is 6.31. The van der Waals surface area contributed by atoms with Crippen molar-refractivity contribution in [3.05, 3.63) is 16.4 Å². The molecule has 0 saturated heterocycles. The van der Waals surface area contributed by atoms with E-state index in [0.29, 0.717) is 6.54 Å². The first-order valence-corrected chi connectivity index (χ1v) is 6.25. The Morgan fingerprint density at radius 3 is 2.59 bits per heavy atom. The van der Waals surface area contributed by atoms with E-state index in [1.807, 2.05) is 25.6 Å². The summed E-state index contributed by atoms with van der Waals surface area (Å²) >= 11 is 6.26. The number of nitrogens with zero attached hydrogens (tertiary/aromatic N) is 2. The molecular weight excluding hydrogens is 238 g/mol. The van der Waals surface area contributed by atoms with Gasteiger partial charge in [-0.15, -0.1) is 0 Å². The second kappa shape index (κ2) is 5.85. The van der Waals surface area contributed by atoms with E-state index in [-0.39, 0.29) is 5.60 Å². The molecule has 1 heterocycles. The third kappa shape index (κ3) is 3.69. The highest BCUT2D eigenvalue weighted by atomic mass is 35.5. The molecule has 0 amide bonds. The van der Waals surface area contributed by atoms with Crippen LogP contribution in [0.25, 0.3) is 0 Å². The zero-order chi connectivity index (χ0) is 13.1. The minimum atomic E-state index is -0.168. The highest BCUT2D eigenvalue weighted by Gasteiger charge is 2.17. The summed E-state index contributed by atoms with van der Waals surface area (Å²) < 4.78 is 7.19. The van der Waals surface area contributed by atoms with Crippen molar-refractivity contribution >= 4 is 11.6 Å². The molecule has 4 nitrogen and oxygen atoms in total. The zero-order valence-electron chi connectivity index (χ0n) is 11.3. The molecule has 0 aliphatic heterocycles. The van der Waals surface area contributed by atoms with Crippen molar-refractivity contribution in [3.8, 4) is 0 Å². The Morgan fingerprint density at radius 2 is 2.12 bits per heavy atom. The molecule has 0 radical (unpaired) electrons. The number of aromatic nitrogens is 2. The Labute approximate surface area is 108 Å². The number of rotatable bonds is 6. The van der Waals surface area contributed by atoms with Gasteiger partial charge in [0.2, 0.25) is 0 Å². The molecular formula is C12H22ClN3O. The Hall–Kier alpha value is -0.580. The molecule has 17 heavy (non-hydrogen) atoms. The summed E-state index contributed by atoms with van der Waals surface area (Å²) in [5.74, 6) is 0. The van der Waals surface area contributed by atoms with Gasteiger partial charge in [0.25, 0.3) is 0 Å². The van der Waals surface area contributed by atoms with Crippen molar-refractivity contribution in [2.24, 2.45) is 7.05 Å². The van der Waals surface area contributed by atoms with Crippen LogP contribution in [-0.4, -0.2) is 29.0 Å². The monoisotopic (exact) mass is 259 g/mol. The number of aryl methyl sites for hydroxylation is 2. The van der Waals surface area contributed by atoms with Crippen molar-refractivity contribution in [2.45, 2.75) is 39.3 Å². The van der Waals surface area contributed by atoms with Gasteiger partial charge in [0, 0.05) is 27.2 Å². The van der Waals surface area contributed by atoms with Gasteiger partial charge >= 0.3 is 0 Å². The van der Waals surface area contributed by atoms with Crippen LogP contribution in [0.2, 0.25) is 5.02 Å². The first kappa shape index (κ1) is 14.5. The van der Waals surface area contributed by atoms with Gasteiger partial charge in [-0.3, -0.25) is 4.68 Å². The van der Waals surface area contributed by atoms with Gasteiger partial charge in [-0.05, 0) is 20.3 Å². The van der Waals surface area contributed by atoms with Crippen molar-refractivity contribution in [3.63, 3.8) is 0 Å². The summed E-state index contributed by atoms with van der Waals surface area (Å²) in [7, 11) is 3.64. The van der Waals surface area contributed by atoms with Crippen molar-refractivity contribution < 1.29 is 4.74 Å². The largest absolute Gasteiger partial charge is 0.377 e. The summed E-state index contributed by atoms with van der Waals surface area (Å²) in [5.41, 5.74) is 1.81. The van der Waals surface area contributed by atoms with Crippen LogP contribution >= 0.6 is 11.6 Å². The van der Waals surface area contributed by atoms with Crippen LogP contribution in [0.15, 0.2) is 0 Å². The van der Waals surface area contributed by atoms with E-state index in [2.05, 4.69) is 17.3 Å². The molecule has 1 aromatic heterocycles. The predicted molar refractivity (Wildman–Crippen MR) is 70.4 cm³/mol. The fourth-order valence-corrected chi connectivity index (χ4v) is 1.93. The van der Waals surface area contributed by atoms with Gasteiger partial charge in [-0.2, -0.15) is 5.10 Å². The minimum Gasteiger partial charge on any atom is -0.377 e. The molecule has 0 aliphatic rings. The molecule has 0 saturated carbocycles. The SMILES string of the molecule is CCc1nn(C)c(CNCC(C)(C)OC)c1Cl. The topological polar surface area (TPSA) is 39.1 Å². The smallest absolute Gasteiger partial charge is 0.0863 e. The molecule has 0 fully saturated rings. The Morgan fingerprint density at radius 1 is 1.47 bits per heavy atom. The maximum atomic E-state index is 6.26. The van der Waals surface area contributed by atoms with E-state index in [9.17, 15) is 0 Å². The average molecular weight is 260 g/mol. The van der Waals surface area contributed by atoms with Crippen LogP contribution in [0, 0.1) is 0 Å². The molecule has 0 unspecified atom stereocenters. The standard InChI is InChI=1S/C12H22ClN3O/c1-6-9-11(13)10(16(4)15-9)7-14-8-12(2,3)17-5/h14H,6-8H2,1-5H3. The van der Waals surface area contributed by atoms with Gasteiger partial charge in [-0.25, -0.2) is 0 Å². The second-order valence-electron chi connectivity index (χ2n) is 4.75. The van der Waals surface area contributed by atoms with Crippen LogP contribution in [-0.2, 0) is 24.8 Å². The first-order valence-electron chi connectivity index (χ1n) is 5.87. The van der Waals surface area contributed by atoms with Crippen molar-refractivity contribution in [1.82, 2.24) is 15.1 Å². The van der Waals surface area contributed by atoms with E-state index < -0.39 is 0 Å².